The van der Waals surface area contributed by atoms with Crippen LogP contribution < -0.4 is 0 Å². The molecule has 1 aromatic carbocycles. The van der Waals surface area contributed by atoms with Crippen molar-refractivity contribution in [1.82, 2.24) is 0 Å². The molecule has 1 saturated heterocycles. The lowest BCUT2D eigenvalue weighted by atomic mass is 9.73. The van der Waals surface area contributed by atoms with Gasteiger partial charge in [0.1, 0.15) is 0 Å². The fourth-order valence-electron chi connectivity index (χ4n) is 4.30. The zero-order valence-corrected chi connectivity index (χ0v) is 13.2. The molecule has 21 heavy (non-hydrogen) atoms. The quantitative estimate of drug-likeness (QED) is 0.877. The summed E-state index contributed by atoms with van der Waals surface area (Å²) in [4.78, 5) is 0. The molecule has 2 nitrogen and oxygen atoms in total. The van der Waals surface area contributed by atoms with Gasteiger partial charge in [-0.3, -0.25) is 0 Å². The summed E-state index contributed by atoms with van der Waals surface area (Å²) in [5.41, 5.74) is 1.21. The van der Waals surface area contributed by atoms with Gasteiger partial charge in [0.05, 0.1) is 18.3 Å². The number of ether oxygens (including phenoxy) is 1. The first kappa shape index (κ1) is 15.1. The average Bonchev–Trinajstić information content (AvgIpc) is 2.55. The molecular weight excluding hydrogens is 260 g/mol. The molecule has 1 heterocycles. The first-order valence-corrected chi connectivity index (χ1v) is 8.57. The van der Waals surface area contributed by atoms with Gasteiger partial charge in [0, 0.05) is 11.8 Å². The molecule has 0 amide bonds. The van der Waals surface area contributed by atoms with E-state index < -0.39 is 0 Å². The Morgan fingerprint density at radius 3 is 2.29 bits per heavy atom. The highest BCUT2D eigenvalue weighted by molar-refractivity contribution is 5.19. The van der Waals surface area contributed by atoms with E-state index in [4.69, 9.17) is 4.74 Å². The maximum absolute atomic E-state index is 10.7. The summed E-state index contributed by atoms with van der Waals surface area (Å²) in [5.74, 6) is 1.02. The van der Waals surface area contributed by atoms with E-state index in [9.17, 15) is 5.11 Å². The maximum atomic E-state index is 10.7. The van der Waals surface area contributed by atoms with Crippen LogP contribution >= 0.6 is 0 Å². The minimum atomic E-state index is -0.268. The molecule has 0 radical (unpaired) electrons. The van der Waals surface area contributed by atoms with Crippen molar-refractivity contribution in [2.45, 2.75) is 64.3 Å². The summed E-state index contributed by atoms with van der Waals surface area (Å²) in [6, 6.07) is 10.4. The zero-order valence-electron chi connectivity index (χ0n) is 13.2. The van der Waals surface area contributed by atoms with Gasteiger partial charge in [-0.2, -0.15) is 0 Å². The first-order valence-electron chi connectivity index (χ1n) is 8.57. The molecule has 2 fully saturated rings. The summed E-state index contributed by atoms with van der Waals surface area (Å²) in [6.07, 6.45) is 6.49. The monoisotopic (exact) mass is 288 g/mol. The summed E-state index contributed by atoms with van der Waals surface area (Å²) < 4.78 is 6.55. The summed E-state index contributed by atoms with van der Waals surface area (Å²) in [5, 5.41) is 10.7. The molecule has 2 heteroatoms. The zero-order chi connectivity index (χ0) is 14.8. The highest BCUT2D eigenvalue weighted by atomic mass is 16.5. The lowest BCUT2D eigenvalue weighted by Crippen LogP contribution is -2.48. The van der Waals surface area contributed by atoms with Crippen LogP contribution in [0.1, 0.15) is 57.6 Å². The Labute approximate surface area is 128 Å². The molecule has 0 spiro atoms. The van der Waals surface area contributed by atoms with E-state index in [-0.39, 0.29) is 30.1 Å². The number of hydrogen-bond donors (Lipinski definition) is 1. The van der Waals surface area contributed by atoms with Crippen LogP contribution in [0.3, 0.4) is 0 Å². The van der Waals surface area contributed by atoms with Crippen LogP contribution in [0.2, 0.25) is 0 Å². The molecule has 3 rings (SSSR count). The van der Waals surface area contributed by atoms with Gasteiger partial charge in [-0.05, 0) is 24.3 Å². The van der Waals surface area contributed by atoms with Crippen molar-refractivity contribution in [2.24, 2.45) is 17.8 Å². The number of aliphatic hydroxyl groups is 1. The molecule has 116 valence electrons. The van der Waals surface area contributed by atoms with E-state index in [0.717, 1.165) is 0 Å². The summed E-state index contributed by atoms with van der Waals surface area (Å²) in [7, 11) is 0. The Balaban J connectivity index is 1.81. The highest BCUT2D eigenvalue weighted by Gasteiger charge is 2.44. The van der Waals surface area contributed by atoms with Gasteiger partial charge in [-0.25, -0.2) is 0 Å². The van der Waals surface area contributed by atoms with Gasteiger partial charge >= 0.3 is 0 Å². The molecular formula is C19H28O2. The number of hydrogen-bond acceptors (Lipinski definition) is 2. The van der Waals surface area contributed by atoms with Crippen LogP contribution in [0.4, 0.5) is 0 Å². The molecule has 1 N–H and O–H groups in total. The smallest absolute Gasteiger partial charge is 0.0879 e. The van der Waals surface area contributed by atoms with Crippen LogP contribution in [0.15, 0.2) is 30.3 Å². The van der Waals surface area contributed by atoms with E-state index in [2.05, 4.69) is 38.1 Å². The molecule has 1 aromatic rings. The Bertz CT molecular complexity index is 436. The Hall–Kier alpha value is -0.860. The molecule has 5 atom stereocenters. The summed E-state index contributed by atoms with van der Waals surface area (Å²) >= 11 is 0. The van der Waals surface area contributed by atoms with E-state index in [1.54, 1.807) is 0 Å². The molecule has 1 saturated carbocycles. The van der Waals surface area contributed by atoms with Crippen LogP contribution in [-0.4, -0.2) is 17.3 Å². The van der Waals surface area contributed by atoms with Gasteiger partial charge in [-0.15, -0.1) is 0 Å². The Kier molecular flexibility index (Phi) is 4.66. The average molecular weight is 288 g/mol. The number of rotatable bonds is 2. The van der Waals surface area contributed by atoms with Gasteiger partial charge in [0.2, 0.25) is 0 Å². The normalized spacial score (nSPS) is 38.3. The third kappa shape index (κ3) is 3.02. The van der Waals surface area contributed by atoms with Crippen molar-refractivity contribution in [3.05, 3.63) is 35.9 Å². The lowest BCUT2D eigenvalue weighted by molar-refractivity contribution is -0.186. The number of benzene rings is 1. The molecule has 0 aromatic heterocycles. The standard InChI is InChI=1S/C19H28O2/c1-13-17(20)14(2)19(16-11-7-4-8-12-16)21-18(13)15-9-5-3-6-10-15/h3,5-6,9-10,13-14,16-20H,4,7-8,11-12H2,1-2H3/t13-,14-,17+,18+,19-/m1/s1. The maximum Gasteiger partial charge on any atom is 0.0879 e. The SMILES string of the molecule is C[C@@H]1[C@H](O)[C@@H](C)[C@H](C2CCCCC2)O[C@@H]1c1ccccc1. The van der Waals surface area contributed by atoms with Crippen molar-refractivity contribution >= 4 is 0 Å². The second-order valence-corrected chi connectivity index (χ2v) is 7.04. The van der Waals surface area contributed by atoms with Gasteiger partial charge in [-0.1, -0.05) is 63.4 Å². The van der Waals surface area contributed by atoms with Gasteiger partial charge in [0.25, 0.3) is 0 Å². The van der Waals surface area contributed by atoms with Crippen molar-refractivity contribution in [1.29, 1.82) is 0 Å². The van der Waals surface area contributed by atoms with Gasteiger partial charge < -0.3 is 9.84 Å². The largest absolute Gasteiger partial charge is 0.392 e. The highest BCUT2D eigenvalue weighted by Crippen LogP contribution is 2.44. The van der Waals surface area contributed by atoms with Gasteiger partial charge in [0.15, 0.2) is 0 Å². The predicted molar refractivity (Wildman–Crippen MR) is 85.0 cm³/mol. The van der Waals surface area contributed by atoms with E-state index in [1.165, 1.54) is 37.7 Å². The van der Waals surface area contributed by atoms with Crippen LogP contribution in [-0.2, 0) is 4.74 Å². The summed E-state index contributed by atoms with van der Waals surface area (Å²) in [6.45, 7) is 4.29. The Morgan fingerprint density at radius 1 is 0.952 bits per heavy atom. The predicted octanol–water partition coefficient (Wildman–Crippen LogP) is 4.34. The van der Waals surface area contributed by atoms with Crippen molar-refractivity contribution in [3.63, 3.8) is 0 Å². The molecule has 1 aliphatic carbocycles. The molecule has 0 bridgehead atoms. The van der Waals surface area contributed by atoms with E-state index in [0.29, 0.717) is 5.92 Å². The van der Waals surface area contributed by atoms with Crippen molar-refractivity contribution < 1.29 is 9.84 Å². The molecule has 2 aliphatic rings. The minimum Gasteiger partial charge on any atom is -0.392 e. The van der Waals surface area contributed by atoms with Crippen molar-refractivity contribution in [3.8, 4) is 0 Å². The molecule has 0 unspecified atom stereocenters. The van der Waals surface area contributed by atoms with E-state index in [1.807, 2.05) is 6.07 Å². The third-order valence-corrected chi connectivity index (χ3v) is 5.62. The third-order valence-electron chi connectivity index (χ3n) is 5.62. The first-order chi connectivity index (χ1) is 10.2. The fourth-order valence-corrected chi connectivity index (χ4v) is 4.30. The Morgan fingerprint density at radius 2 is 1.62 bits per heavy atom. The van der Waals surface area contributed by atoms with Crippen LogP contribution in [0.25, 0.3) is 0 Å². The second kappa shape index (κ2) is 6.50. The fraction of sp³-hybridized carbons (Fsp3) is 0.684. The number of aliphatic hydroxyl groups excluding tert-OH is 1. The van der Waals surface area contributed by atoms with Crippen LogP contribution in [0.5, 0.6) is 0 Å². The van der Waals surface area contributed by atoms with Crippen LogP contribution in [0, 0.1) is 17.8 Å². The second-order valence-electron chi connectivity index (χ2n) is 7.04. The lowest BCUT2D eigenvalue weighted by Gasteiger charge is -2.46. The minimum absolute atomic E-state index is 0.0318. The van der Waals surface area contributed by atoms with Crippen molar-refractivity contribution in [2.75, 3.05) is 0 Å². The topological polar surface area (TPSA) is 29.5 Å². The molecule has 1 aliphatic heterocycles. The van der Waals surface area contributed by atoms with E-state index >= 15 is 0 Å².